The number of hydrogen-bond donors (Lipinski definition) is 1. The molecule has 250 valence electrons. The number of fused-ring (bicyclic) bond motifs is 2. The number of carbonyl (C=O) groups excluding carboxylic acids is 1. The molecule has 2 aromatic heterocycles. The van der Waals surface area contributed by atoms with E-state index < -0.39 is 12.1 Å². The van der Waals surface area contributed by atoms with Gasteiger partial charge < -0.3 is 10.2 Å². The highest BCUT2D eigenvalue weighted by Gasteiger charge is 2.38. The number of carbonyl (C=O) groups is 1. The summed E-state index contributed by atoms with van der Waals surface area (Å²) >= 11 is 18.2. The Hall–Kier alpha value is -4.51. The molecule has 1 aliphatic heterocycles. The molecular formula is C36H28Cl3F3N6O. The highest BCUT2D eigenvalue weighted by molar-refractivity contribution is 6.33. The molecule has 0 unspecified atom stereocenters. The number of aromatic nitrogens is 4. The van der Waals surface area contributed by atoms with Gasteiger partial charge in [0.05, 0.1) is 0 Å². The molecule has 1 saturated heterocycles. The van der Waals surface area contributed by atoms with E-state index in [1.165, 1.54) is 5.39 Å². The van der Waals surface area contributed by atoms with Crippen molar-refractivity contribution in [1.82, 2.24) is 25.7 Å². The van der Waals surface area contributed by atoms with Gasteiger partial charge in [0.25, 0.3) is 0 Å². The van der Waals surface area contributed by atoms with Crippen molar-refractivity contribution >= 4 is 68.1 Å². The number of hydrogen-bond acceptors (Lipinski definition) is 6. The summed E-state index contributed by atoms with van der Waals surface area (Å²) in [5.74, 6) is -1.23. The molecule has 49 heavy (non-hydrogen) atoms. The maximum atomic E-state index is 12.3. The molecule has 0 atom stereocenters. The van der Waals surface area contributed by atoms with Crippen LogP contribution in [0.15, 0.2) is 97.1 Å². The Morgan fingerprint density at radius 3 is 1.76 bits per heavy atom. The first kappa shape index (κ1) is 34.4. The topological polar surface area (TPSA) is 83.9 Å². The molecule has 6 aromatic rings. The lowest BCUT2D eigenvalue weighted by Gasteiger charge is -2.32. The minimum absolute atomic E-state index is 0.0113. The predicted octanol–water partition coefficient (Wildman–Crippen LogP) is 9.45. The Morgan fingerprint density at radius 2 is 1.20 bits per heavy atom. The SMILES string of the molecule is Clc1cc(-c2ccc3ccccc3c2)c(Cl)nn1.O=C(NCC1CCN(c2cc(-c3ccc4ccccc4c3)c(Cl)nn2)CC1)C(F)(F)F. The lowest BCUT2D eigenvalue weighted by atomic mass is 9.96. The Kier molecular flexibility index (Phi) is 10.5. The standard InChI is InChI=1S/C22H20ClF3N4O.C14H8Cl2N2/c23-20-18(17-6-5-15-3-1-2-4-16(15)11-17)12-19(28-29-20)30-9-7-14(8-10-30)13-27-21(31)22(24,25)26;15-13-8-12(14(16)18-17-13)11-6-5-9-3-1-2-4-10(9)7-11/h1-6,11-12,14H,7-10,13H2,(H,27,31);1-8H. The molecular weight excluding hydrogens is 696 g/mol. The van der Waals surface area contributed by atoms with Crippen molar-refractivity contribution in [3.8, 4) is 22.3 Å². The van der Waals surface area contributed by atoms with Crippen LogP contribution in [0.25, 0.3) is 43.8 Å². The number of nitrogens with one attached hydrogen (secondary N) is 1. The van der Waals surface area contributed by atoms with E-state index in [9.17, 15) is 18.0 Å². The van der Waals surface area contributed by atoms with Crippen LogP contribution in [0.3, 0.4) is 0 Å². The number of nitrogens with zero attached hydrogens (tertiary/aromatic N) is 5. The van der Waals surface area contributed by atoms with Gasteiger partial charge in [0, 0.05) is 30.8 Å². The molecule has 3 heterocycles. The van der Waals surface area contributed by atoms with Crippen LogP contribution in [0.1, 0.15) is 12.8 Å². The summed E-state index contributed by atoms with van der Waals surface area (Å²) in [6.07, 6.45) is -3.56. The lowest BCUT2D eigenvalue weighted by molar-refractivity contribution is -0.173. The monoisotopic (exact) mass is 722 g/mol. The summed E-state index contributed by atoms with van der Waals surface area (Å²) in [4.78, 5) is 13.0. The molecule has 0 radical (unpaired) electrons. The summed E-state index contributed by atoms with van der Waals surface area (Å²) in [6.45, 7) is 1.24. The van der Waals surface area contributed by atoms with Crippen LogP contribution >= 0.6 is 34.8 Å². The third kappa shape index (κ3) is 8.39. The van der Waals surface area contributed by atoms with E-state index in [-0.39, 0.29) is 12.5 Å². The first-order valence-electron chi connectivity index (χ1n) is 15.4. The number of amides is 1. The predicted molar refractivity (Wildman–Crippen MR) is 189 cm³/mol. The molecule has 1 fully saturated rings. The van der Waals surface area contributed by atoms with Crippen LogP contribution < -0.4 is 10.2 Å². The van der Waals surface area contributed by atoms with Crippen molar-refractivity contribution in [3.63, 3.8) is 0 Å². The van der Waals surface area contributed by atoms with E-state index in [1.54, 1.807) is 6.07 Å². The van der Waals surface area contributed by atoms with Crippen LogP contribution in [0.5, 0.6) is 0 Å². The fraction of sp³-hybridized carbons (Fsp3) is 0.194. The molecule has 0 aliphatic carbocycles. The highest BCUT2D eigenvalue weighted by Crippen LogP contribution is 2.33. The second-order valence-electron chi connectivity index (χ2n) is 11.5. The number of anilines is 1. The van der Waals surface area contributed by atoms with E-state index in [4.69, 9.17) is 34.8 Å². The van der Waals surface area contributed by atoms with Crippen LogP contribution in [0, 0.1) is 5.92 Å². The van der Waals surface area contributed by atoms with Gasteiger partial charge in [-0.3, -0.25) is 4.79 Å². The van der Waals surface area contributed by atoms with Crippen LogP contribution in [0.2, 0.25) is 15.5 Å². The van der Waals surface area contributed by atoms with Crippen molar-refractivity contribution in [2.45, 2.75) is 19.0 Å². The number of piperidine rings is 1. The fourth-order valence-electron chi connectivity index (χ4n) is 5.70. The van der Waals surface area contributed by atoms with Gasteiger partial charge in [0.15, 0.2) is 21.3 Å². The minimum Gasteiger partial charge on any atom is -0.355 e. The fourth-order valence-corrected chi connectivity index (χ4v) is 6.25. The second-order valence-corrected chi connectivity index (χ2v) is 12.6. The molecule has 0 spiro atoms. The average molecular weight is 724 g/mol. The van der Waals surface area contributed by atoms with Gasteiger partial charge in [-0.2, -0.15) is 13.2 Å². The van der Waals surface area contributed by atoms with Crippen molar-refractivity contribution in [2.24, 2.45) is 5.92 Å². The zero-order valence-electron chi connectivity index (χ0n) is 25.8. The van der Waals surface area contributed by atoms with Crippen molar-refractivity contribution in [2.75, 3.05) is 24.5 Å². The number of benzene rings is 4. The quantitative estimate of drug-likeness (QED) is 0.191. The summed E-state index contributed by atoms with van der Waals surface area (Å²) in [7, 11) is 0. The van der Waals surface area contributed by atoms with E-state index in [0.717, 1.165) is 38.4 Å². The second kappa shape index (κ2) is 14.9. The molecule has 1 aliphatic rings. The maximum Gasteiger partial charge on any atom is 0.471 e. The minimum atomic E-state index is -4.85. The Labute approximate surface area is 295 Å². The van der Waals surface area contributed by atoms with E-state index >= 15 is 0 Å². The van der Waals surface area contributed by atoms with Crippen molar-refractivity contribution in [1.29, 1.82) is 0 Å². The van der Waals surface area contributed by atoms with Gasteiger partial charge >= 0.3 is 12.1 Å². The molecule has 7 rings (SSSR count). The molecule has 4 aromatic carbocycles. The molecule has 0 bridgehead atoms. The van der Waals surface area contributed by atoms with Gasteiger partial charge in [-0.1, -0.05) is 108 Å². The zero-order valence-corrected chi connectivity index (χ0v) is 28.0. The lowest BCUT2D eigenvalue weighted by Crippen LogP contribution is -2.42. The summed E-state index contributed by atoms with van der Waals surface area (Å²) in [5.41, 5.74) is 3.49. The van der Waals surface area contributed by atoms with E-state index in [2.05, 4.69) is 50.7 Å². The van der Waals surface area contributed by atoms with E-state index in [1.807, 2.05) is 70.9 Å². The van der Waals surface area contributed by atoms with Crippen molar-refractivity contribution < 1.29 is 18.0 Å². The summed E-state index contributed by atoms with van der Waals surface area (Å²) in [6, 6.07) is 32.0. The van der Waals surface area contributed by atoms with Gasteiger partial charge in [-0.05, 0) is 75.7 Å². The van der Waals surface area contributed by atoms with Gasteiger partial charge in [-0.15, -0.1) is 20.4 Å². The van der Waals surface area contributed by atoms with Gasteiger partial charge in [0.1, 0.15) is 0 Å². The van der Waals surface area contributed by atoms with E-state index in [0.29, 0.717) is 47.2 Å². The zero-order chi connectivity index (χ0) is 34.5. The number of alkyl halides is 3. The molecule has 1 amide bonds. The first-order chi connectivity index (χ1) is 23.5. The Morgan fingerprint density at radius 1 is 0.694 bits per heavy atom. The smallest absolute Gasteiger partial charge is 0.355 e. The van der Waals surface area contributed by atoms with Crippen LogP contribution in [0.4, 0.5) is 19.0 Å². The largest absolute Gasteiger partial charge is 0.471 e. The third-order valence-corrected chi connectivity index (χ3v) is 9.07. The van der Waals surface area contributed by atoms with Crippen LogP contribution in [-0.4, -0.2) is 52.1 Å². The molecule has 7 nitrogen and oxygen atoms in total. The Balaban J connectivity index is 0.000000195. The first-order valence-corrected chi connectivity index (χ1v) is 16.5. The molecule has 1 N–H and O–H groups in total. The molecule has 0 saturated carbocycles. The third-order valence-electron chi connectivity index (χ3n) is 8.32. The highest BCUT2D eigenvalue weighted by atomic mass is 35.5. The normalized spacial score (nSPS) is 13.6. The Bertz CT molecular complexity index is 2120. The summed E-state index contributed by atoms with van der Waals surface area (Å²) < 4.78 is 37.0. The van der Waals surface area contributed by atoms with Gasteiger partial charge in [0.2, 0.25) is 0 Å². The number of rotatable bonds is 5. The number of halogens is 6. The molecule has 13 heteroatoms. The van der Waals surface area contributed by atoms with Gasteiger partial charge in [-0.25, -0.2) is 0 Å². The summed E-state index contributed by atoms with van der Waals surface area (Å²) in [5, 5.41) is 23.4. The maximum absolute atomic E-state index is 12.3. The van der Waals surface area contributed by atoms with Crippen molar-refractivity contribution in [3.05, 3.63) is 113 Å². The van der Waals surface area contributed by atoms with Crippen LogP contribution in [-0.2, 0) is 4.79 Å². The average Bonchev–Trinajstić information content (AvgIpc) is 3.11.